The normalized spacial score (nSPS) is 21.4. The molecule has 1 aliphatic rings. The van der Waals surface area contributed by atoms with Gasteiger partial charge in [-0.05, 0) is 6.42 Å². The summed E-state index contributed by atoms with van der Waals surface area (Å²) in [6.07, 6.45) is 0.542. The van der Waals surface area contributed by atoms with Crippen molar-refractivity contribution in [2.45, 2.75) is 6.42 Å². The highest BCUT2D eigenvalue weighted by Gasteiger charge is 2.15. The summed E-state index contributed by atoms with van der Waals surface area (Å²) < 4.78 is 12.0. The molecule has 0 unspecified atom stereocenters. The quantitative estimate of drug-likeness (QED) is 0.335. The molecule has 0 aromatic heterocycles. The first kappa shape index (κ1) is 5.48. The summed E-state index contributed by atoms with van der Waals surface area (Å²) in [5.41, 5.74) is 0.535. The van der Waals surface area contributed by atoms with Crippen LogP contribution >= 0.6 is 0 Å². The average Bonchev–Trinajstić information content (AvgIpc) is 2.14. The lowest BCUT2D eigenvalue weighted by molar-refractivity contribution is 0.0611. The molecule has 0 radical (unpaired) electrons. The first-order valence-electron chi connectivity index (χ1n) is 2.46. The third kappa shape index (κ3) is 0.941. The number of carbonyl (C=O) groups excluding carboxylic acids is 1. The predicted molar refractivity (Wildman–Crippen MR) is 26.5 cm³/mol. The van der Waals surface area contributed by atoms with Gasteiger partial charge in [0.15, 0.2) is 0 Å². The summed E-state index contributed by atoms with van der Waals surface area (Å²) in [6.45, 7) is 0.508. The summed E-state index contributed by atoms with van der Waals surface area (Å²) >= 11 is 0. The van der Waals surface area contributed by atoms with Crippen LogP contribution in [0.15, 0.2) is 5.57 Å². The van der Waals surface area contributed by atoms with Gasteiger partial charge in [-0.15, -0.1) is 9.60 Å². The van der Waals surface area contributed by atoms with Crippen LogP contribution in [-0.2, 0) is 4.79 Å². The van der Waals surface area contributed by atoms with Crippen LogP contribution in [0.3, 0.4) is 0 Å². The van der Waals surface area contributed by atoms with Gasteiger partial charge in [0.05, 0.1) is 6.54 Å². The minimum Gasteiger partial charge on any atom is -0.234 e. The fourth-order valence-corrected chi connectivity index (χ4v) is 0.705. The van der Waals surface area contributed by atoms with E-state index in [-0.39, 0.29) is 6.54 Å². The van der Waals surface area contributed by atoms with Crippen molar-refractivity contribution in [3.8, 4) is 0 Å². The topological polar surface area (TPSA) is 20.3 Å². The van der Waals surface area contributed by atoms with E-state index in [2.05, 4.69) is 0 Å². The molecular weight excluding hydrogens is 109 g/mol. The lowest BCUT2D eigenvalue weighted by atomic mass is 10.3. The Morgan fingerprint density at radius 2 is 2.50 bits per heavy atom. The minimum atomic E-state index is 0.156. The largest absolute Gasteiger partial charge is 0.234 e. The molecule has 44 valence electrons. The Bertz CT molecular complexity index is 139. The molecule has 0 saturated carbocycles. The zero-order valence-corrected chi connectivity index (χ0v) is 4.35. The zero-order chi connectivity index (χ0) is 5.98. The van der Waals surface area contributed by atoms with Gasteiger partial charge in [-0.3, -0.25) is 0 Å². The molecule has 1 rings (SSSR count). The van der Waals surface area contributed by atoms with Gasteiger partial charge in [0.25, 0.3) is 0 Å². The van der Waals surface area contributed by atoms with Gasteiger partial charge in [0, 0.05) is 12.1 Å². The first-order chi connectivity index (χ1) is 3.83. The van der Waals surface area contributed by atoms with Crippen molar-refractivity contribution in [2.24, 2.45) is 0 Å². The Kier molecular flexibility index (Phi) is 1.42. The van der Waals surface area contributed by atoms with Gasteiger partial charge in [-0.1, -0.05) is 0 Å². The van der Waals surface area contributed by atoms with Crippen LogP contribution in [0.5, 0.6) is 0 Å². The van der Waals surface area contributed by atoms with E-state index in [1.165, 1.54) is 0 Å². The fourth-order valence-electron chi connectivity index (χ4n) is 0.705. The molecule has 0 spiro atoms. The molecule has 0 atom stereocenters. The number of halogens is 1. The van der Waals surface area contributed by atoms with E-state index in [0.717, 1.165) is 0 Å². The molecule has 0 aliphatic carbocycles. The van der Waals surface area contributed by atoms with Crippen molar-refractivity contribution in [1.29, 1.82) is 0 Å². The first-order valence-corrected chi connectivity index (χ1v) is 2.46. The van der Waals surface area contributed by atoms with Crippen LogP contribution in [0.2, 0.25) is 0 Å². The second-order valence-corrected chi connectivity index (χ2v) is 1.80. The van der Waals surface area contributed by atoms with E-state index in [0.29, 0.717) is 23.7 Å². The maximum absolute atomic E-state index is 12.0. The SMILES string of the molecule is O=C=C1CCN(F)C1. The molecule has 0 aromatic rings. The van der Waals surface area contributed by atoms with Crippen molar-refractivity contribution >= 4 is 5.94 Å². The number of hydrogen-bond donors (Lipinski definition) is 0. The van der Waals surface area contributed by atoms with Gasteiger partial charge in [0.1, 0.15) is 5.94 Å². The molecular formula is C5H6FNO. The van der Waals surface area contributed by atoms with E-state index in [4.69, 9.17) is 0 Å². The van der Waals surface area contributed by atoms with Gasteiger partial charge in [-0.25, -0.2) is 4.79 Å². The second kappa shape index (κ2) is 2.07. The van der Waals surface area contributed by atoms with Crippen LogP contribution < -0.4 is 0 Å². The van der Waals surface area contributed by atoms with Crippen molar-refractivity contribution in [2.75, 3.05) is 13.1 Å². The monoisotopic (exact) mass is 115 g/mol. The molecule has 1 heterocycles. The van der Waals surface area contributed by atoms with Crippen molar-refractivity contribution in [3.63, 3.8) is 0 Å². The lowest BCUT2D eigenvalue weighted by Gasteiger charge is -1.93. The number of hydrogen-bond acceptors (Lipinski definition) is 2. The summed E-state index contributed by atoms with van der Waals surface area (Å²) in [5.74, 6) is 1.68. The molecule has 0 bridgehead atoms. The summed E-state index contributed by atoms with van der Waals surface area (Å²) in [4.78, 5) is 9.80. The second-order valence-electron chi connectivity index (χ2n) is 1.80. The molecule has 8 heavy (non-hydrogen) atoms. The van der Waals surface area contributed by atoms with E-state index >= 15 is 0 Å². The van der Waals surface area contributed by atoms with Crippen LogP contribution in [0.4, 0.5) is 4.48 Å². The van der Waals surface area contributed by atoms with E-state index in [1.54, 1.807) is 5.94 Å². The summed E-state index contributed by atoms with van der Waals surface area (Å²) in [6, 6.07) is 0. The van der Waals surface area contributed by atoms with Gasteiger partial charge >= 0.3 is 0 Å². The van der Waals surface area contributed by atoms with Gasteiger partial charge in [-0.2, -0.15) is 0 Å². The maximum atomic E-state index is 12.0. The standard InChI is InChI=1S/C5H6FNO/c6-7-2-1-5(3-7)4-8/h1-3H2. The van der Waals surface area contributed by atoms with Gasteiger partial charge < -0.3 is 0 Å². The highest BCUT2D eigenvalue weighted by atomic mass is 19.2. The smallest absolute Gasteiger partial charge is 0.125 e. The Labute approximate surface area is 46.5 Å². The zero-order valence-electron chi connectivity index (χ0n) is 4.35. The summed E-state index contributed by atoms with van der Waals surface area (Å²) in [7, 11) is 0. The third-order valence-electron chi connectivity index (χ3n) is 1.16. The fraction of sp³-hybridized carbons (Fsp3) is 0.600. The van der Waals surface area contributed by atoms with Crippen LogP contribution in [0.1, 0.15) is 6.42 Å². The van der Waals surface area contributed by atoms with Crippen molar-refractivity contribution in [3.05, 3.63) is 5.57 Å². The highest BCUT2D eigenvalue weighted by molar-refractivity contribution is 5.53. The van der Waals surface area contributed by atoms with Crippen LogP contribution in [-0.4, -0.2) is 24.2 Å². The summed E-state index contributed by atoms with van der Waals surface area (Å²) in [5, 5.41) is 0.611. The highest BCUT2D eigenvalue weighted by Crippen LogP contribution is 2.10. The molecule has 1 saturated heterocycles. The Morgan fingerprint density at radius 3 is 2.75 bits per heavy atom. The molecule has 0 N–H and O–H groups in total. The molecule has 0 aromatic carbocycles. The molecule has 0 amide bonds. The Morgan fingerprint density at radius 1 is 1.75 bits per heavy atom. The maximum Gasteiger partial charge on any atom is 0.125 e. The third-order valence-corrected chi connectivity index (χ3v) is 1.16. The number of rotatable bonds is 0. The van der Waals surface area contributed by atoms with Crippen molar-refractivity contribution in [1.82, 2.24) is 5.12 Å². The Balaban J connectivity index is 2.56. The average molecular weight is 115 g/mol. The van der Waals surface area contributed by atoms with Crippen LogP contribution in [0.25, 0.3) is 0 Å². The molecule has 1 fully saturated rings. The lowest BCUT2D eigenvalue weighted by Crippen LogP contribution is -2.05. The minimum absolute atomic E-state index is 0.156. The Hall–Kier alpha value is -0.660. The predicted octanol–water partition coefficient (Wildman–Crippen LogP) is 0.335. The van der Waals surface area contributed by atoms with Crippen LogP contribution in [0, 0.1) is 0 Å². The van der Waals surface area contributed by atoms with Crippen molar-refractivity contribution < 1.29 is 9.28 Å². The molecule has 2 nitrogen and oxygen atoms in total. The van der Waals surface area contributed by atoms with Gasteiger partial charge in [0.2, 0.25) is 0 Å². The number of nitrogens with zero attached hydrogens (tertiary/aromatic N) is 1. The van der Waals surface area contributed by atoms with E-state index in [9.17, 15) is 9.28 Å². The molecule has 3 heteroatoms. The van der Waals surface area contributed by atoms with E-state index in [1.807, 2.05) is 0 Å². The van der Waals surface area contributed by atoms with E-state index < -0.39 is 0 Å². The molecule has 1 aliphatic heterocycles.